The third kappa shape index (κ3) is 5.83. The first kappa shape index (κ1) is 27.7. The van der Waals surface area contributed by atoms with Crippen LogP contribution in [0.5, 0.6) is 5.75 Å². The van der Waals surface area contributed by atoms with Gasteiger partial charge in [-0.1, -0.05) is 62.6 Å². The van der Waals surface area contributed by atoms with Gasteiger partial charge < -0.3 is 19.9 Å². The molecule has 40 heavy (non-hydrogen) atoms. The van der Waals surface area contributed by atoms with Crippen LogP contribution in [0.1, 0.15) is 74.2 Å². The van der Waals surface area contributed by atoms with E-state index < -0.39 is 6.04 Å². The van der Waals surface area contributed by atoms with Gasteiger partial charge in [0.05, 0.1) is 12.8 Å². The number of rotatable bonds is 11. The maximum atomic E-state index is 13.7. The van der Waals surface area contributed by atoms with Crippen molar-refractivity contribution in [2.45, 2.75) is 76.9 Å². The smallest absolute Gasteiger partial charge is 0.258 e. The maximum absolute atomic E-state index is 13.7. The van der Waals surface area contributed by atoms with Crippen LogP contribution in [0.25, 0.3) is 10.8 Å². The van der Waals surface area contributed by atoms with Crippen LogP contribution in [-0.2, 0) is 16.1 Å². The Morgan fingerprint density at radius 2 is 1.75 bits per heavy atom. The zero-order chi connectivity index (χ0) is 28.1. The molecule has 1 N–H and O–H groups in total. The fourth-order valence-electron chi connectivity index (χ4n) is 6.12. The Kier molecular flexibility index (Phi) is 8.68. The highest BCUT2D eigenvalue weighted by molar-refractivity contribution is 6.25. The first-order valence-corrected chi connectivity index (χ1v) is 14.6. The van der Waals surface area contributed by atoms with Gasteiger partial charge in [-0.25, -0.2) is 0 Å². The predicted octanol–water partition coefficient (Wildman–Crippen LogP) is 5.85. The number of hydrogen-bond donors (Lipinski definition) is 1. The number of carbonyl (C=O) groups excluding carboxylic acids is 3. The number of benzene rings is 3. The van der Waals surface area contributed by atoms with Crippen molar-refractivity contribution >= 4 is 34.2 Å². The van der Waals surface area contributed by atoms with Gasteiger partial charge >= 0.3 is 0 Å². The van der Waals surface area contributed by atoms with Crippen molar-refractivity contribution in [2.75, 3.05) is 18.6 Å². The molecule has 7 nitrogen and oxygen atoms in total. The number of ether oxygens (including phenoxy) is 1. The average molecular weight is 542 g/mol. The van der Waals surface area contributed by atoms with Crippen LogP contribution in [0.3, 0.4) is 0 Å². The second-order valence-corrected chi connectivity index (χ2v) is 10.9. The Hall–Kier alpha value is -3.87. The fraction of sp³-hybridized carbons (Fsp3) is 0.424. The molecule has 2 aliphatic rings. The number of anilines is 1. The highest BCUT2D eigenvalue weighted by atomic mass is 16.5. The SMILES string of the molecule is CC[C@H](C(=O)NC1CCCCC1)N(Cc1ccc(OC)cc1)C(=O)CCCN1C(=O)c2cccc3cccc1c23. The second-order valence-electron chi connectivity index (χ2n) is 10.9. The third-order valence-electron chi connectivity index (χ3n) is 8.27. The van der Waals surface area contributed by atoms with Crippen LogP contribution < -0.4 is 15.0 Å². The molecular formula is C33H39N3O4. The number of hydrogen-bond acceptors (Lipinski definition) is 4. The highest BCUT2D eigenvalue weighted by Crippen LogP contribution is 2.37. The molecule has 0 radical (unpaired) electrons. The molecule has 1 aliphatic heterocycles. The van der Waals surface area contributed by atoms with Gasteiger partial charge in [-0.05, 0) is 60.9 Å². The van der Waals surface area contributed by atoms with Crippen LogP contribution in [0.2, 0.25) is 0 Å². The summed E-state index contributed by atoms with van der Waals surface area (Å²) in [5.74, 6) is 0.569. The van der Waals surface area contributed by atoms with Crippen molar-refractivity contribution in [3.8, 4) is 5.75 Å². The molecular weight excluding hydrogens is 502 g/mol. The summed E-state index contributed by atoms with van der Waals surface area (Å²) in [5.41, 5.74) is 2.56. The quantitative estimate of drug-likeness (QED) is 0.331. The molecule has 1 saturated carbocycles. The van der Waals surface area contributed by atoms with Gasteiger partial charge in [0, 0.05) is 36.5 Å². The zero-order valence-electron chi connectivity index (χ0n) is 23.5. The maximum Gasteiger partial charge on any atom is 0.258 e. The molecule has 210 valence electrons. The number of methoxy groups -OCH3 is 1. The van der Waals surface area contributed by atoms with Crippen LogP contribution in [0, 0.1) is 0 Å². The molecule has 3 aromatic rings. The summed E-state index contributed by atoms with van der Waals surface area (Å²) in [6.45, 7) is 2.74. The van der Waals surface area contributed by atoms with Gasteiger partial charge in [-0.15, -0.1) is 0 Å². The molecule has 3 amide bonds. The monoisotopic (exact) mass is 541 g/mol. The normalized spacial score (nSPS) is 15.8. The summed E-state index contributed by atoms with van der Waals surface area (Å²) >= 11 is 0. The topological polar surface area (TPSA) is 79.0 Å². The fourth-order valence-corrected chi connectivity index (χ4v) is 6.12. The van der Waals surface area contributed by atoms with Crippen molar-refractivity contribution in [3.05, 3.63) is 71.8 Å². The van der Waals surface area contributed by atoms with Crippen molar-refractivity contribution in [1.82, 2.24) is 10.2 Å². The third-order valence-corrected chi connectivity index (χ3v) is 8.27. The molecule has 3 aromatic carbocycles. The molecule has 0 spiro atoms. The van der Waals surface area contributed by atoms with Gasteiger partial charge in [0.1, 0.15) is 11.8 Å². The summed E-state index contributed by atoms with van der Waals surface area (Å²) < 4.78 is 5.29. The van der Waals surface area contributed by atoms with Crippen LogP contribution in [0.15, 0.2) is 60.7 Å². The van der Waals surface area contributed by atoms with E-state index in [1.165, 1.54) is 6.42 Å². The Morgan fingerprint density at radius 1 is 1.02 bits per heavy atom. The number of amides is 3. The van der Waals surface area contributed by atoms with E-state index in [1.807, 2.05) is 67.6 Å². The van der Waals surface area contributed by atoms with Crippen LogP contribution in [0.4, 0.5) is 5.69 Å². The summed E-state index contributed by atoms with van der Waals surface area (Å²) in [4.78, 5) is 43.9. The van der Waals surface area contributed by atoms with Gasteiger partial charge in [-0.3, -0.25) is 14.4 Å². The molecule has 0 unspecified atom stereocenters. The Labute approximate surface area is 236 Å². The lowest BCUT2D eigenvalue weighted by Gasteiger charge is -2.33. The molecule has 5 rings (SSSR count). The summed E-state index contributed by atoms with van der Waals surface area (Å²) in [5, 5.41) is 5.25. The predicted molar refractivity (Wildman–Crippen MR) is 157 cm³/mol. The lowest BCUT2D eigenvalue weighted by Crippen LogP contribution is -2.51. The van der Waals surface area contributed by atoms with E-state index >= 15 is 0 Å². The minimum atomic E-state index is -0.553. The molecule has 0 saturated heterocycles. The van der Waals surface area contributed by atoms with Gasteiger partial charge in [0.2, 0.25) is 11.8 Å². The minimum absolute atomic E-state index is 0.0207. The van der Waals surface area contributed by atoms with Crippen molar-refractivity contribution < 1.29 is 19.1 Å². The molecule has 1 heterocycles. The zero-order valence-corrected chi connectivity index (χ0v) is 23.5. The van der Waals surface area contributed by atoms with E-state index in [-0.39, 0.29) is 30.2 Å². The van der Waals surface area contributed by atoms with Gasteiger partial charge in [-0.2, -0.15) is 0 Å². The molecule has 1 fully saturated rings. The summed E-state index contributed by atoms with van der Waals surface area (Å²) in [6.07, 6.45) is 6.74. The Balaban J connectivity index is 1.29. The minimum Gasteiger partial charge on any atom is -0.497 e. The highest BCUT2D eigenvalue weighted by Gasteiger charge is 2.32. The summed E-state index contributed by atoms with van der Waals surface area (Å²) in [6, 6.07) is 19.0. The van der Waals surface area contributed by atoms with Crippen molar-refractivity contribution in [1.29, 1.82) is 0 Å². The first-order valence-electron chi connectivity index (χ1n) is 14.6. The summed E-state index contributed by atoms with van der Waals surface area (Å²) in [7, 11) is 1.62. The molecule has 0 bridgehead atoms. The van der Waals surface area contributed by atoms with E-state index in [4.69, 9.17) is 4.74 Å². The molecule has 0 aromatic heterocycles. The van der Waals surface area contributed by atoms with Gasteiger partial charge in [0.15, 0.2) is 0 Å². The van der Waals surface area contributed by atoms with E-state index in [1.54, 1.807) is 16.9 Å². The molecule has 1 aliphatic carbocycles. The molecule has 1 atom stereocenters. The number of nitrogens with zero attached hydrogens (tertiary/aromatic N) is 2. The van der Waals surface area contributed by atoms with Gasteiger partial charge in [0.25, 0.3) is 5.91 Å². The van der Waals surface area contributed by atoms with Crippen molar-refractivity contribution in [3.63, 3.8) is 0 Å². The first-order chi connectivity index (χ1) is 19.5. The number of nitrogens with one attached hydrogen (secondary N) is 1. The average Bonchev–Trinajstić information content (AvgIpc) is 3.26. The largest absolute Gasteiger partial charge is 0.497 e. The van der Waals surface area contributed by atoms with Crippen LogP contribution >= 0.6 is 0 Å². The second kappa shape index (κ2) is 12.5. The molecule has 7 heteroatoms. The van der Waals surface area contributed by atoms with E-state index in [0.717, 1.165) is 53.5 Å². The number of carbonyl (C=O) groups is 3. The van der Waals surface area contributed by atoms with E-state index in [2.05, 4.69) is 5.32 Å². The Morgan fingerprint density at radius 3 is 2.45 bits per heavy atom. The standard InChI is InChI=1S/C33H39N3O4/c1-3-28(32(38)34-25-12-5-4-6-13-25)36(22-23-17-19-26(40-2)20-18-23)30(37)16-9-21-35-29-15-8-11-24-10-7-14-27(31(24)29)33(35)39/h7-8,10-11,14-15,17-20,25,28H,3-6,9,12-13,16,21-22H2,1-2H3,(H,34,38)/t28-/m1/s1. The lowest BCUT2D eigenvalue weighted by atomic mass is 9.95. The van der Waals surface area contributed by atoms with Crippen LogP contribution in [-0.4, -0.2) is 48.4 Å². The Bertz CT molecular complexity index is 1360. The van der Waals surface area contributed by atoms with E-state index in [9.17, 15) is 14.4 Å². The van der Waals surface area contributed by atoms with E-state index in [0.29, 0.717) is 31.5 Å². The van der Waals surface area contributed by atoms with Crippen molar-refractivity contribution in [2.24, 2.45) is 0 Å². The lowest BCUT2D eigenvalue weighted by molar-refractivity contribution is -0.141.